The minimum absolute atomic E-state index is 0.0197. The molecule has 12 aromatic rings. The summed E-state index contributed by atoms with van der Waals surface area (Å²) in [6.07, 6.45) is 0. The largest absolute Gasteiger partial charge is 0.455 e. The van der Waals surface area contributed by atoms with Crippen molar-refractivity contribution in [2.45, 2.75) is 52.4 Å². The summed E-state index contributed by atoms with van der Waals surface area (Å²) in [5, 5.41) is 9.70. The summed E-state index contributed by atoms with van der Waals surface area (Å²) < 4.78 is 6.75. The van der Waals surface area contributed by atoms with Crippen LogP contribution in [-0.2, 0) is 10.8 Å². The van der Waals surface area contributed by atoms with E-state index in [0.29, 0.717) is 0 Å². The summed E-state index contributed by atoms with van der Waals surface area (Å²) >= 11 is 0. The number of hydrogen-bond donors (Lipinski definition) is 0. The summed E-state index contributed by atoms with van der Waals surface area (Å²) in [4.78, 5) is 2.46. The zero-order valence-corrected chi connectivity index (χ0v) is 40.7. The third kappa shape index (κ3) is 7.43. The van der Waals surface area contributed by atoms with Crippen LogP contribution in [0.2, 0.25) is 0 Å². The molecule has 0 saturated heterocycles. The maximum Gasteiger partial charge on any atom is 0.143 e. The van der Waals surface area contributed by atoms with Crippen LogP contribution in [0.5, 0.6) is 0 Å². The molecule has 0 saturated carbocycles. The lowest BCUT2D eigenvalue weighted by Gasteiger charge is -2.30. The van der Waals surface area contributed by atoms with Gasteiger partial charge < -0.3 is 9.32 Å². The van der Waals surface area contributed by atoms with Gasteiger partial charge in [-0.3, -0.25) is 0 Å². The Morgan fingerprint density at radius 3 is 1.54 bits per heavy atom. The van der Waals surface area contributed by atoms with Crippen molar-refractivity contribution in [1.29, 1.82) is 0 Å². The van der Waals surface area contributed by atoms with Gasteiger partial charge in [-0.15, -0.1) is 0 Å². The van der Waals surface area contributed by atoms with E-state index in [1.165, 1.54) is 71.3 Å². The van der Waals surface area contributed by atoms with Gasteiger partial charge in [-0.05, 0) is 112 Å². The highest BCUT2D eigenvalue weighted by molar-refractivity contribution is 6.14. The number of rotatable bonds is 7. The molecular weight excluding hydrogens is 847 g/mol. The summed E-state index contributed by atoms with van der Waals surface area (Å²) in [6.45, 7) is 13.9. The average Bonchev–Trinajstić information content (AvgIpc) is 3.77. The molecule has 2 nitrogen and oxygen atoms in total. The van der Waals surface area contributed by atoms with Crippen molar-refractivity contribution < 1.29 is 4.42 Å². The number of benzene rings is 11. The highest BCUT2D eigenvalue weighted by Crippen LogP contribution is 2.49. The fraction of sp³-hybridized carbons (Fsp3) is 0.118. The molecule has 0 radical (unpaired) electrons. The molecule has 0 unspecified atom stereocenters. The Morgan fingerprint density at radius 1 is 0.329 bits per heavy atom. The van der Waals surface area contributed by atoms with Crippen molar-refractivity contribution in [3.63, 3.8) is 0 Å². The van der Waals surface area contributed by atoms with E-state index < -0.39 is 0 Å². The predicted octanol–water partition coefficient (Wildman–Crippen LogP) is 19.8. The Kier molecular flexibility index (Phi) is 10.3. The fourth-order valence-electron chi connectivity index (χ4n) is 10.7. The van der Waals surface area contributed by atoms with Gasteiger partial charge in [0, 0.05) is 33.2 Å². The summed E-state index contributed by atoms with van der Waals surface area (Å²) in [5.41, 5.74) is 16.9. The molecule has 0 N–H and O–H groups in total. The lowest BCUT2D eigenvalue weighted by molar-refractivity contribution is 0.569. The van der Waals surface area contributed by atoms with E-state index in [1.54, 1.807) is 0 Å². The van der Waals surface area contributed by atoms with Gasteiger partial charge in [0.2, 0.25) is 0 Å². The van der Waals surface area contributed by atoms with E-state index in [2.05, 4.69) is 265 Å². The zero-order chi connectivity index (χ0) is 47.7. The number of nitrogens with zero attached hydrogens (tertiary/aromatic N) is 1. The van der Waals surface area contributed by atoms with Gasteiger partial charge in [-0.2, -0.15) is 0 Å². The van der Waals surface area contributed by atoms with Crippen LogP contribution >= 0.6 is 0 Å². The molecule has 70 heavy (non-hydrogen) atoms. The van der Waals surface area contributed by atoms with Gasteiger partial charge in [-0.1, -0.05) is 236 Å². The van der Waals surface area contributed by atoms with Crippen LogP contribution < -0.4 is 4.90 Å². The molecule has 11 aromatic carbocycles. The van der Waals surface area contributed by atoms with Crippen LogP contribution in [0.4, 0.5) is 17.1 Å². The van der Waals surface area contributed by atoms with Crippen LogP contribution in [-0.4, -0.2) is 0 Å². The molecule has 12 rings (SSSR count). The number of para-hydroxylation sites is 4. The Labute approximate surface area is 411 Å². The van der Waals surface area contributed by atoms with Crippen LogP contribution in [0.3, 0.4) is 0 Å². The van der Waals surface area contributed by atoms with E-state index in [0.717, 1.165) is 55.7 Å². The molecule has 2 heteroatoms. The fourth-order valence-corrected chi connectivity index (χ4v) is 10.7. The molecule has 0 aliphatic carbocycles. The molecule has 0 spiro atoms. The number of hydrogen-bond acceptors (Lipinski definition) is 2. The van der Waals surface area contributed by atoms with Crippen molar-refractivity contribution in [3.8, 4) is 44.5 Å². The minimum atomic E-state index is -0.0197. The molecule has 0 bridgehead atoms. The van der Waals surface area contributed by atoms with E-state index in [-0.39, 0.29) is 10.8 Å². The van der Waals surface area contributed by atoms with Crippen LogP contribution in [0, 0.1) is 0 Å². The SMILES string of the molecule is CC(C)(C)c1cc(-c2cccc3cccc(-c4ccccc4N(c4ccc(-c5cccc6c5ccc5ccccc56)cc4)c4ccccc4-c4cccc5c4oc4ccccc45)c23)cc(C(C)(C)C)c1. The Morgan fingerprint density at radius 2 is 0.843 bits per heavy atom. The maximum atomic E-state index is 6.75. The van der Waals surface area contributed by atoms with Crippen LogP contribution in [0.25, 0.3) is 98.8 Å². The average molecular weight is 902 g/mol. The van der Waals surface area contributed by atoms with E-state index >= 15 is 0 Å². The molecule has 1 aromatic heterocycles. The van der Waals surface area contributed by atoms with Gasteiger partial charge in [0.25, 0.3) is 0 Å². The van der Waals surface area contributed by atoms with E-state index in [1.807, 2.05) is 6.07 Å². The predicted molar refractivity (Wildman–Crippen MR) is 300 cm³/mol. The van der Waals surface area contributed by atoms with Crippen molar-refractivity contribution in [2.24, 2.45) is 0 Å². The molecule has 0 atom stereocenters. The molecule has 338 valence electrons. The monoisotopic (exact) mass is 901 g/mol. The van der Waals surface area contributed by atoms with Gasteiger partial charge in [0.05, 0.1) is 11.4 Å². The quantitative estimate of drug-likeness (QED) is 0.148. The highest BCUT2D eigenvalue weighted by atomic mass is 16.3. The molecular formula is C68H55NO. The molecule has 0 fully saturated rings. The summed E-state index contributed by atoms with van der Waals surface area (Å²) in [7, 11) is 0. The second-order valence-electron chi connectivity index (χ2n) is 20.9. The lowest BCUT2D eigenvalue weighted by atomic mass is 9.78. The summed E-state index contributed by atoms with van der Waals surface area (Å²) in [5.74, 6) is 0. The van der Waals surface area contributed by atoms with Crippen molar-refractivity contribution in [3.05, 3.63) is 236 Å². The molecule has 0 aliphatic heterocycles. The Hall–Kier alpha value is -8.20. The molecule has 1 heterocycles. The first-order chi connectivity index (χ1) is 34.0. The van der Waals surface area contributed by atoms with Crippen LogP contribution in [0.15, 0.2) is 229 Å². The second kappa shape index (κ2) is 16.8. The Bertz CT molecular complexity index is 3930. The van der Waals surface area contributed by atoms with E-state index in [4.69, 9.17) is 4.42 Å². The first kappa shape index (κ1) is 43.1. The highest BCUT2D eigenvalue weighted by Gasteiger charge is 2.26. The van der Waals surface area contributed by atoms with Crippen molar-refractivity contribution in [1.82, 2.24) is 0 Å². The van der Waals surface area contributed by atoms with Crippen molar-refractivity contribution >= 4 is 71.3 Å². The topological polar surface area (TPSA) is 16.4 Å². The number of fused-ring (bicyclic) bond motifs is 7. The molecule has 0 aliphatic rings. The zero-order valence-electron chi connectivity index (χ0n) is 40.7. The smallest absolute Gasteiger partial charge is 0.143 e. The Balaban J connectivity index is 1.09. The van der Waals surface area contributed by atoms with Gasteiger partial charge in [0.15, 0.2) is 0 Å². The van der Waals surface area contributed by atoms with E-state index in [9.17, 15) is 0 Å². The van der Waals surface area contributed by atoms with Crippen molar-refractivity contribution in [2.75, 3.05) is 4.90 Å². The molecule has 0 amide bonds. The number of furan rings is 1. The van der Waals surface area contributed by atoms with Crippen LogP contribution in [0.1, 0.15) is 52.7 Å². The minimum Gasteiger partial charge on any atom is -0.455 e. The van der Waals surface area contributed by atoms with Gasteiger partial charge in [-0.25, -0.2) is 0 Å². The first-order valence-corrected chi connectivity index (χ1v) is 24.6. The second-order valence-corrected chi connectivity index (χ2v) is 20.9. The number of anilines is 3. The van der Waals surface area contributed by atoms with Gasteiger partial charge in [0.1, 0.15) is 11.2 Å². The maximum absolute atomic E-state index is 6.75. The lowest BCUT2D eigenvalue weighted by Crippen LogP contribution is -2.16. The standard InChI is InChI=1S/C68H55NO/c1-67(2,3)48-41-47(42-49(43-48)68(4,5)6)53-27-15-20-46-21-16-29-59(65(46)53)56-23-9-12-32-62(56)69(63-33-13-10-24-57(63)60-30-18-31-61-58-25-11-14-34-64(58)70-66(60)61)50-38-35-45(36-39-50)52-26-17-28-54-51-22-8-7-19-44(51)37-40-55(52)54/h7-43H,1-6H3. The summed E-state index contributed by atoms with van der Waals surface area (Å²) in [6, 6.07) is 82.6. The normalized spacial score (nSPS) is 12.1. The third-order valence-electron chi connectivity index (χ3n) is 14.4. The third-order valence-corrected chi connectivity index (χ3v) is 14.4. The van der Waals surface area contributed by atoms with Gasteiger partial charge >= 0.3 is 0 Å². The first-order valence-electron chi connectivity index (χ1n) is 24.6.